The van der Waals surface area contributed by atoms with Gasteiger partial charge in [-0.2, -0.15) is 0 Å². The van der Waals surface area contributed by atoms with Gasteiger partial charge >= 0.3 is 0 Å². The maximum atomic E-state index is 13.1. The number of carbonyl (C=O) groups is 1. The monoisotopic (exact) mass is 379 g/mol. The van der Waals surface area contributed by atoms with Crippen molar-refractivity contribution >= 4 is 11.6 Å². The maximum absolute atomic E-state index is 13.1. The molecule has 1 aromatic heterocycles. The van der Waals surface area contributed by atoms with Crippen molar-refractivity contribution in [3.63, 3.8) is 0 Å². The van der Waals surface area contributed by atoms with E-state index in [0.29, 0.717) is 18.5 Å². The van der Waals surface area contributed by atoms with Gasteiger partial charge in [-0.1, -0.05) is 23.4 Å². The predicted molar refractivity (Wildman–Crippen MR) is 105 cm³/mol. The summed E-state index contributed by atoms with van der Waals surface area (Å²) in [5, 5.41) is 4.02. The van der Waals surface area contributed by atoms with Crippen LogP contribution < -0.4 is 4.90 Å². The van der Waals surface area contributed by atoms with Crippen LogP contribution in [-0.4, -0.2) is 42.1 Å². The highest BCUT2D eigenvalue weighted by Crippen LogP contribution is 2.24. The second kappa shape index (κ2) is 8.25. The average Bonchev–Trinajstić information content (AvgIpc) is 3.22. The molecule has 3 aromatic rings. The van der Waals surface area contributed by atoms with Gasteiger partial charge in [0.05, 0.1) is 0 Å². The number of hydrogen-bond donors (Lipinski definition) is 0. The fourth-order valence-corrected chi connectivity index (χ4v) is 3.53. The van der Waals surface area contributed by atoms with E-state index < -0.39 is 0 Å². The predicted octanol–water partition coefficient (Wildman–Crippen LogP) is 3.76. The first kappa shape index (κ1) is 18.2. The number of anilines is 1. The molecule has 6 heteroatoms. The number of rotatable bonds is 5. The summed E-state index contributed by atoms with van der Waals surface area (Å²) >= 11 is 0. The number of piperazine rings is 1. The van der Waals surface area contributed by atoms with Gasteiger partial charge in [-0.3, -0.25) is 4.79 Å². The van der Waals surface area contributed by atoms with Gasteiger partial charge in [0.2, 0.25) is 5.91 Å². The molecule has 0 radical (unpaired) electrons. The maximum Gasteiger partial charge on any atom is 0.223 e. The van der Waals surface area contributed by atoms with Crippen LogP contribution in [-0.2, 0) is 11.2 Å². The van der Waals surface area contributed by atoms with E-state index in [2.05, 4.69) is 22.2 Å². The molecular weight excluding hydrogens is 357 g/mol. The molecule has 4 rings (SSSR count). The summed E-state index contributed by atoms with van der Waals surface area (Å²) < 4.78 is 18.2. The lowest BCUT2D eigenvalue weighted by atomic mass is 10.0. The highest BCUT2D eigenvalue weighted by atomic mass is 19.1. The minimum Gasteiger partial charge on any atom is -0.368 e. The molecule has 5 nitrogen and oxygen atoms in total. The smallest absolute Gasteiger partial charge is 0.223 e. The summed E-state index contributed by atoms with van der Waals surface area (Å²) in [5.74, 6) is -0.155. The number of aryl methyl sites for hydroxylation is 1. The third-order valence-electron chi connectivity index (χ3n) is 5.12. The summed E-state index contributed by atoms with van der Waals surface area (Å²) in [6.45, 7) is 3.12. The molecule has 1 fully saturated rings. The third-order valence-corrected chi connectivity index (χ3v) is 5.12. The zero-order valence-corrected chi connectivity index (χ0v) is 15.6. The quantitative estimate of drug-likeness (QED) is 0.677. The Hall–Kier alpha value is -3.15. The van der Waals surface area contributed by atoms with Crippen LogP contribution in [0.1, 0.15) is 12.0 Å². The lowest BCUT2D eigenvalue weighted by Crippen LogP contribution is -2.48. The van der Waals surface area contributed by atoms with Crippen molar-refractivity contribution in [2.45, 2.75) is 12.8 Å². The van der Waals surface area contributed by atoms with E-state index in [1.54, 1.807) is 18.4 Å². The molecule has 0 saturated carbocycles. The van der Waals surface area contributed by atoms with Crippen molar-refractivity contribution in [3.8, 4) is 11.3 Å². The number of benzene rings is 2. The minimum absolute atomic E-state index is 0.138. The fraction of sp³-hybridized carbons (Fsp3) is 0.273. The number of amides is 1. The molecule has 0 N–H and O–H groups in total. The highest BCUT2D eigenvalue weighted by molar-refractivity contribution is 5.77. The van der Waals surface area contributed by atoms with Crippen LogP contribution in [0.2, 0.25) is 0 Å². The van der Waals surface area contributed by atoms with Crippen molar-refractivity contribution in [2.75, 3.05) is 31.1 Å². The minimum atomic E-state index is -0.293. The highest BCUT2D eigenvalue weighted by Gasteiger charge is 2.21. The topological polar surface area (TPSA) is 49.6 Å². The van der Waals surface area contributed by atoms with Crippen molar-refractivity contribution in [1.82, 2.24) is 10.1 Å². The summed E-state index contributed by atoms with van der Waals surface area (Å²) in [6, 6.07) is 16.4. The standard InChI is InChI=1S/C22H22FN3O2/c23-19-9-6-17(7-10-19)22-18(16-28-24-22)8-11-21(27)26-14-12-25(13-15-26)20-4-2-1-3-5-20/h1-7,9-10,16H,8,11-15H2. The summed E-state index contributed by atoms with van der Waals surface area (Å²) in [5.41, 5.74) is 3.52. The van der Waals surface area contributed by atoms with Crippen LogP contribution in [0, 0.1) is 5.82 Å². The Bertz CT molecular complexity index is 916. The first-order valence-corrected chi connectivity index (χ1v) is 9.47. The number of aromatic nitrogens is 1. The van der Waals surface area contributed by atoms with Crippen molar-refractivity contribution in [1.29, 1.82) is 0 Å². The molecule has 144 valence electrons. The van der Waals surface area contributed by atoms with Gasteiger partial charge in [0, 0.05) is 49.4 Å². The van der Waals surface area contributed by atoms with Gasteiger partial charge < -0.3 is 14.3 Å². The lowest BCUT2D eigenvalue weighted by molar-refractivity contribution is -0.131. The lowest BCUT2D eigenvalue weighted by Gasteiger charge is -2.36. The molecule has 2 heterocycles. The van der Waals surface area contributed by atoms with Crippen LogP contribution in [0.25, 0.3) is 11.3 Å². The molecule has 0 atom stereocenters. The fourth-order valence-electron chi connectivity index (χ4n) is 3.53. The normalized spacial score (nSPS) is 14.3. The summed E-state index contributed by atoms with van der Waals surface area (Å²) in [7, 11) is 0. The second-order valence-corrected chi connectivity index (χ2v) is 6.90. The van der Waals surface area contributed by atoms with Crippen molar-refractivity contribution < 1.29 is 13.7 Å². The van der Waals surface area contributed by atoms with Gasteiger partial charge in [-0.05, 0) is 42.8 Å². The molecule has 0 spiro atoms. The van der Waals surface area contributed by atoms with Gasteiger partial charge in [-0.15, -0.1) is 0 Å². The van der Waals surface area contributed by atoms with E-state index in [9.17, 15) is 9.18 Å². The Morgan fingerprint density at radius 3 is 2.43 bits per heavy atom. The van der Waals surface area contributed by atoms with Crippen LogP contribution in [0.4, 0.5) is 10.1 Å². The number of carbonyl (C=O) groups excluding carboxylic acids is 1. The van der Waals surface area contributed by atoms with E-state index in [1.165, 1.54) is 17.8 Å². The van der Waals surface area contributed by atoms with Crippen LogP contribution in [0.5, 0.6) is 0 Å². The second-order valence-electron chi connectivity index (χ2n) is 6.90. The number of halogens is 1. The van der Waals surface area contributed by atoms with E-state index in [1.807, 2.05) is 23.1 Å². The Morgan fingerprint density at radius 1 is 1.00 bits per heavy atom. The van der Waals surface area contributed by atoms with Gasteiger partial charge in [0.1, 0.15) is 17.8 Å². The zero-order valence-electron chi connectivity index (χ0n) is 15.6. The van der Waals surface area contributed by atoms with Crippen molar-refractivity contribution in [2.24, 2.45) is 0 Å². The SMILES string of the molecule is O=C(CCc1conc1-c1ccc(F)cc1)N1CCN(c2ccccc2)CC1. The van der Waals surface area contributed by atoms with Gasteiger partial charge in [0.25, 0.3) is 0 Å². The molecule has 1 saturated heterocycles. The average molecular weight is 379 g/mol. The molecule has 0 unspecified atom stereocenters. The largest absolute Gasteiger partial charge is 0.368 e. The summed E-state index contributed by atoms with van der Waals surface area (Å²) in [6.07, 6.45) is 2.52. The molecule has 0 bridgehead atoms. The Morgan fingerprint density at radius 2 is 1.71 bits per heavy atom. The third kappa shape index (κ3) is 4.06. The van der Waals surface area contributed by atoms with Crippen LogP contribution >= 0.6 is 0 Å². The molecule has 1 amide bonds. The number of para-hydroxylation sites is 1. The molecule has 0 aliphatic carbocycles. The Balaban J connectivity index is 1.32. The molecule has 2 aromatic carbocycles. The van der Waals surface area contributed by atoms with Gasteiger partial charge in [-0.25, -0.2) is 4.39 Å². The van der Waals surface area contributed by atoms with Crippen molar-refractivity contribution in [3.05, 3.63) is 72.2 Å². The zero-order chi connectivity index (χ0) is 19.3. The number of hydrogen-bond acceptors (Lipinski definition) is 4. The molecule has 28 heavy (non-hydrogen) atoms. The van der Waals surface area contributed by atoms with Gasteiger partial charge in [0.15, 0.2) is 0 Å². The number of nitrogens with zero attached hydrogens (tertiary/aromatic N) is 3. The van der Waals surface area contributed by atoms with E-state index >= 15 is 0 Å². The van der Waals surface area contributed by atoms with Crippen LogP contribution in [0.3, 0.4) is 0 Å². The summed E-state index contributed by atoms with van der Waals surface area (Å²) in [4.78, 5) is 16.9. The molecule has 1 aliphatic heterocycles. The first-order valence-electron chi connectivity index (χ1n) is 9.47. The molecular formula is C22H22FN3O2. The Labute approximate surface area is 163 Å². The Kier molecular flexibility index (Phi) is 5.37. The van der Waals surface area contributed by atoms with E-state index in [4.69, 9.17) is 4.52 Å². The molecule has 1 aliphatic rings. The van der Waals surface area contributed by atoms with Crippen LogP contribution in [0.15, 0.2) is 65.4 Å². The first-order chi connectivity index (χ1) is 13.7. The van der Waals surface area contributed by atoms with E-state index in [-0.39, 0.29) is 11.7 Å². The van der Waals surface area contributed by atoms with E-state index in [0.717, 1.165) is 37.3 Å².